The van der Waals surface area contributed by atoms with Crippen molar-refractivity contribution in [1.29, 1.82) is 5.26 Å². The van der Waals surface area contributed by atoms with Gasteiger partial charge >= 0.3 is 5.97 Å². The maximum Gasteiger partial charge on any atom is 0.314 e. The highest BCUT2D eigenvalue weighted by molar-refractivity contribution is 6.30. The Kier molecular flexibility index (Phi) is 5.78. The maximum atomic E-state index is 12.5. The summed E-state index contributed by atoms with van der Waals surface area (Å²) in [5, 5.41) is 9.42. The van der Waals surface area contributed by atoms with Crippen LogP contribution in [0.15, 0.2) is 48.5 Å². The minimum Gasteiger partial charge on any atom is -0.460 e. The Balaban J connectivity index is 2.06. The summed E-state index contributed by atoms with van der Waals surface area (Å²) in [5.41, 5.74) is 2.34. The normalized spacial score (nSPS) is 11.8. The molecular formula is C19H18ClNO2. The summed E-state index contributed by atoms with van der Waals surface area (Å²) >= 11 is 5.90. The summed E-state index contributed by atoms with van der Waals surface area (Å²) in [6, 6.07) is 16.3. The van der Waals surface area contributed by atoms with Crippen LogP contribution in [0.4, 0.5) is 0 Å². The Hall–Kier alpha value is -2.31. The lowest BCUT2D eigenvalue weighted by Gasteiger charge is -2.20. The average molecular weight is 328 g/mol. The first-order valence-corrected chi connectivity index (χ1v) is 7.80. The molecule has 0 aliphatic carbocycles. The lowest BCUT2D eigenvalue weighted by molar-refractivity contribution is -0.148. The van der Waals surface area contributed by atoms with Gasteiger partial charge in [-0.2, -0.15) is 5.26 Å². The topological polar surface area (TPSA) is 50.1 Å². The zero-order valence-corrected chi connectivity index (χ0v) is 13.9. The van der Waals surface area contributed by atoms with Gasteiger partial charge in [-0.1, -0.05) is 49.7 Å². The van der Waals surface area contributed by atoms with E-state index in [4.69, 9.17) is 21.6 Å². The molecule has 0 aromatic heterocycles. The molecule has 2 aromatic carbocycles. The monoisotopic (exact) mass is 327 g/mol. The van der Waals surface area contributed by atoms with Gasteiger partial charge in [-0.25, -0.2) is 0 Å². The Bertz CT molecular complexity index is 700. The van der Waals surface area contributed by atoms with Crippen LogP contribution < -0.4 is 0 Å². The molecule has 2 aromatic rings. The molecule has 0 aliphatic rings. The van der Waals surface area contributed by atoms with E-state index in [0.29, 0.717) is 10.6 Å². The van der Waals surface area contributed by atoms with Crippen LogP contribution in [-0.4, -0.2) is 5.97 Å². The van der Waals surface area contributed by atoms with Crippen LogP contribution in [0.5, 0.6) is 0 Å². The third-order valence-electron chi connectivity index (χ3n) is 3.61. The van der Waals surface area contributed by atoms with Gasteiger partial charge in [0.25, 0.3) is 0 Å². The van der Waals surface area contributed by atoms with E-state index < -0.39 is 0 Å². The molecule has 1 atom stereocenters. The Morgan fingerprint density at radius 2 is 1.74 bits per heavy atom. The molecule has 0 bridgehead atoms. The van der Waals surface area contributed by atoms with E-state index in [1.807, 2.05) is 26.0 Å². The Labute approximate surface area is 141 Å². The van der Waals surface area contributed by atoms with Crippen molar-refractivity contribution < 1.29 is 9.53 Å². The minimum atomic E-state index is -0.328. The van der Waals surface area contributed by atoms with Gasteiger partial charge in [-0.15, -0.1) is 0 Å². The van der Waals surface area contributed by atoms with E-state index in [-0.39, 0.29) is 24.4 Å². The summed E-state index contributed by atoms with van der Waals surface area (Å²) in [4.78, 5) is 12.5. The van der Waals surface area contributed by atoms with Crippen molar-refractivity contribution in [3.63, 3.8) is 0 Å². The number of halogens is 1. The second-order valence-corrected chi connectivity index (χ2v) is 6.13. The highest BCUT2D eigenvalue weighted by atomic mass is 35.5. The van der Waals surface area contributed by atoms with Crippen LogP contribution in [0, 0.1) is 17.2 Å². The molecule has 0 saturated carbocycles. The lowest BCUT2D eigenvalue weighted by atomic mass is 9.88. The number of hydrogen-bond donors (Lipinski definition) is 0. The van der Waals surface area contributed by atoms with Crippen molar-refractivity contribution in [3.8, 4) is 6.07 Å². The van der Waals surface area contributed by atoms with E-state index in [9.17, 15) is 4.79 Å². The standard InChI is InChI=1S/C19H18ClNO2/c1-13(2)18(16-7-9-17(20)10-8-16)19(22)23-12-15-5-3-14(11-21)4-6-15/h3-10,13,18H,12H2,1-2H3/t18-/m0/s1. The fourth-order valence-corrected chi connectivity index (χ4v) is 2.51. The summed E-state index contributed by atoms with van der Waals surface area (Å²) in [7, 11) is 0. The van der Waals surface area contributed by atoms with Crippen LogP contribution in [-0.2, 0) is 16.1 Å². The SMILES string of the molecule is CC(C)[C@H](C(=O)OCc1ccc(C#N)cc1)c1ccc(Cl)cc1. The van der Waals surface area contributed by atoms with Crippen molar-refractivity contribution in [2.75, 3.05) is 0 Å². The first-order valence-electron chi connectivity index (χ1n) is 7.42. The zero-order valence-electron chi connectivity index (χ0n) is 13.1. The van der Waals surface area contributed by atoms with Crippen molar-refractivity contribution in [3.05, 3.63) is 70.2 Å². The molecule has 23 heavy (non-hydrogen) atoms. The Morgan fingerprint density at radius 1 is 1.13 bits per heavy atom. The minimum absolute atomic E-state index is 0.115. The number of benzene rings is 2. The third kappa shape index (κ3) is 4.58. The molecule has 0 fully saturated rings. The summed E-state index contributed by atoms with van der Waals surface area (Å²) in [6.07, 6.45) is 0. The van der Waals surface area contributed by atoms with E-state index in [1.54, 1.807) is 36.4 Å². The van der Waals surface area contributed by atoms with Crippen LogP contribution >= 0.6 is 11.6 Å². The van der Waals surface area contributed by atoms with Crippen LogP contribution in [0.1, 0.15) is 36.5 Å². The fraction of sp³-hybridized carbons (Fsp3) is 0.263. The number of nitriles is 1. The van der Waals surface area contributed by atoms with Gasteiger partial charge in [-0.3, -0.25) is 4.79 Å². The van der Waals surface area contributed by atoms with Gasteiger partial charge in [0, 0.05) is 5.02 Å². The Morgan fingerprint density at radius 3 is 2.26 bits per heavy atom. The molecule has 0 amide bonds. The molecule has 0 heterocycles. The molecule has 0 spiro atoms. The highest BCUT2D eigenvalue weighted by Crippen LogP contribution is 2.27. The zero-order chi connectivity index (χ0) is 16.8. The van der Waals surface area contributed by atoms with Gasteiger partial charge < -0.3 is 4.74 Å². The third-order valence-corrected chi connectivity index (χ3v) is 3.87. The number of ether oxygens (including phenoxy) is 1. The molecule has 0 radical (unpaired) electrons. The predicted molar refractivity (Wildman–Crippen MR) is 90.0 cm³/mol. The molecule has 0 unspecified atom stereocenters. The number of hydrogen-bond acceptors (Lipinski definition) is 3. The largest absolute Gasteiger partial charge is 0.460 e. The van der Waals surface area contributed by atoms with E-state index >= 15 is 0 Å². The molecule has 2 rings (SSSR count). The van der Waals surface area contributed by atoms with Gasteiger partial charge in [0.1, 0.15) is 6.61 Å². The summed E-state index contributed by atoms with van der Waals surface area (Å²) < 4.78 is 5.45. The average Bonchev–Trinajstić information content (AvgIpc) is 2.55. The number of nitrogens with zero attached hydrogens (tertiary/aromatic N) is 1. The van der Waals surface area contributed by atoms with Crippen LogP contribution in [0.3, 0.4) is 0 Å². The summed E-state index contributed by atoms with van der Waals surface area (Å²) in [5.74, 6) is -0.470. The molecule has 0 aliphatic heterocycles. The molecule has 118 valence electrons. The summed E-state index contributed by atoms with van der Waals surface area (Å²) in [6.45, 7) is 4.17. The van der Waals surface area contributed by atoms with Crippen LogP contribution in [0.25, 0.3) is 0 Å². The predicted octanol–water partition coefficient (Wildman–Crippen LogP) is 4.69. The molecule has 3 nitrogen and oxygen atoms in total. The fourth-order valence-electron chi connectivity index (χ4n) is 2.38. The van der Waals surface area contributed by atoms with E-state index in [2.05, 4.69) is 6.07 Å². The van der Waals surface area contributed by atoms with E-state index in [1.165, 1.54) is 0 Å². The van der Waals surface area contributed by atoms with Crippen molar-refractivity contribution in [1.82, 2.24) is 0 Å². The van der Waals surface area contributed by atoms with Gasteiger partial charge in [0.2, 0.25) is 0 Å². The lowest BCUT2D eigenvalue weighted by Crippen LogP contribution is -2.20. The molecule has 0 N–H and O–H groups in total. The second-order valence-electron chi connectivity index (χ2n) is 5.69. The molecular weight excluding hydrogens is 310 g/mol. The first kappa shape index (κ1) is 17.1. The van der Waals surface area contributed by atoms with Gasteiger partial charge in [0.15, 0.2) is 0 Å². The van der Waals surface area contributed by atoms with E-state index in [0.717, 1.165) is 11.1 Å². The quantitative estimate of drug-likeness (QED) is 0.748. The van der Waals surface area contributed by atoms with Gasteiger partial charge in [0.05, 0.1) is 17.6 Å². The second kappa shape index (κ2) is 7.80. The smallest absolute Gasteiger partial charge is 0.314 e. The number of carbonyl (C=O) groups is 1. The molecule has 0 saturated heterocycles. The number of carbonyl (C=O) groups excluding carboxylic acids is 1. The maximum absolute atomic E-state index is 12.5. The van der Waals surface area contributed by atoms with Crippen LogP contribution in [0.2, 0.25) is 5.02 Å². The first-order chi connectivity index (χ1) is 11.0. The number of esters is 1. The van der Waals surface area contributed by atoms with Gasteiger partial charge in [-0.05, 0) is 41.3 Å². The highest BCUT2D eigenvalue weighted by Gasteiger charge is 2.25. The number of rotatable bonds is 5. The van der Waals surface area contributed by atoms with Crippen molar-refractivity contribution in [2.45, 2.75) is 26.4 Å². The molecule has 4 heteroatoms. The van der Waals surface area contributed by atoms with Crippen molar-refractivity contribution >= 4 is 17.6 Å². The van der Waals surface area contributed by atoms with Crippen molar-refractivity contribution in [2.24, 2.45) is 5.92 Å².